The Labute approximate surface area is 192 Å². The van der Waals surface area contributed by atoms with Crippen LogP contribution in [0.15, 0.2) is 78.0 Å². The number of anilines is 1. The maximum absolute atomic E-state index is 13.5. The molecule has 166 valence electrons. The minimum absolute atomic E-state index is 0.00372. The zero-order valence-electron chi connectivity index (χ0n) is 17.4. The van der Waals surface area contributed by atoms with Gasteiger partial charge in [0.05, 0.1) is 16.4 Å². The highest BCUT2D eigenvalue weighted by atomic mass is 32.2. The van der Waals surface area contributed by atoms with E-state index in [1.54, 1.807) is 29.7 Å². The monoisotopic (exact) mass is 463 g/mol. The molecule has 1 amide bonds. The normalized spacial score (nSPS) is 10.7. The molecule has 1 N–H and O–H groups in total. The van der Waals surface area contributed by atoms with Crippen LogP contribution in [0.25, 0.3) is 17.1 Å². The van der Waals surface area contributed by atoms with E-state index in [-0.39, 0.29) is 23.2 Å². The number of aryl methyl sites for hydroxylation is 1. The lowest BCUT2D eigenvalue weighted by Crippen LogP contribution is -2.15. The molecule has 4 aromatic rings. The highest BCUT2D eigenvalue weighted by Crippen LogP contribution is 2.28. The molecule has 1 aromatic heterocycles. The number of halogens is 1. The largest absolute Gasteiger partial charge is 0.325 e. The molecule has 10 heteroatoms. The van der Waals surface area contributed by atoms with Crippen LogP contribution in [0.1, 0.15) is 5.56 Å². The Morgan fingerprint density at radius 1 is 1.09 bits per heavy atom. The summed E-state index contributed by atoms with van der Waals surface area (Å²) in [6.07, 6.45) is 0. The van der Waals surface area contributed by atoms with E-state index in [0.29, 0.717) is 27.9 Å². The Morgan fingerprint density at radius 3 is 2.52 bits per heavy atom. The summed E-state index contributed by atoms with van der Waals surface area (Å²) in [4.78, 5) is 23.1. The van der Waals surface area contributed by atoms with Gasteiger partial charge in [0.15, 0.2) is 11.0 Å². The molecule has 1 heterocycles. The second-order valence-corrected chi connectivity index (χ2v) is 8.02. The fourth-order valence-corrected chi connectivity index (χ4v) is 3.89. The Morgan fingerprint density at radius 2 is 1.82 bits per heavy atom. The van der Waals surface area contributed by atoms with Gasteiger partial charge in [-0.2, -0.15) is 0 Å². The lowest BCUT2D eigenvalue weighted by molar-refractivity contribution is -0.384. The molecule has 3 aromatic carbocycles. The number of aromatic nitrogens is 3. The fraction of sp³-hybridized carbons (Fsp3) is 0.0870. The second-order valence-electron chi connectivity index (χ2n) is 7.08. The summed E-state index contributed by atoms with van der Waals surface area (Å²) in [5.41, 5.74) is 2.45. The molecule has 0 unspecified atom stereocenters. The van der Waals surface area contributed by atoms with Gasteiger partial charge in [0.25, 0.3) is 5.69 Å². The van der Waals surface area contributed by atoms with Crippen LogP contribution in [-0.4, -0.2) is 31.3 Å². The number of nitro benzene ring substituents is 1. The molecular formula is C23H18FN5O3S. The Balaban J connectivity index is 1.58. The molecule has 0 radical (unpaired) electrons. The quantitative estimate of drug-likeness (QED) is 0.234. The lowest BCUT2D eigenvalue weighted by Gasteiger charge is -2.11. The molecule has 8 nitrogen and oxygen atoms in total. The Bertz CT molecular complexity index is 1310. The van der Waals surface area contributed by atoms with Crippen molar-refractivity contribution in [2.45, 2.75) is 12.1 Å². The van der Waals surface area contributed by atoms with Crippen molar-refractivity contribution in [3.63, 3.8) is 0 Å². The molecule has 0 saturated carbocycles. The molecule has 0 aliphatic heterocycles. The number of thioether (sulfide) groups is 1. The van der Waals surface area contributed by atoms with Crippen LogP contribution in [0.3, 0.4) is 0 Å². The van der Waals surface area contributed by atoms with Gasteiger partial charge >= 0.3 is 0 Å². The number of nitrogens with one attached hydrogen (secondary N) is 1. The minimum atomic E-state index is -0.514. The minimum Gasteiger partial charge on any atom is -0.325 e. The first-order chi connectivity index (χ1) is 15.9. The number of carbonyl (C=O) groups is 1. The first kappa shape index (κ1) is 22.2. The van der Waals surface area contributed by atoms with Gasteiger partial charge in [-0.1, -0.05) is 48.2 Å². The summed E-state index contributed by atoms with van der Waals surface area (Å²) in [6, 6.07) is 19.6. The molecular weight excluding hydrogens is 445 g/mol. The molecule has 0 fully saturated rings. The maximum atomic E-state index is 13.5. The van der Waals surface area contributed by atoms with Crippen LogP contribution < -0.4 is 5.32 Å². The van der Waals surface area contributed by atoms with Gasteiger partial charge in [-0.15, -0.1) is 10.2 Å². The van der Waals surface area contributed by atoms with E-state index >= 15 is 0 Å². The van der Waals surface area contributed by atoms with Crippen molar-refractivity contribution in [2.75, 3.05) is 11.1 Å². The zero-order chi connectivity index (χ0) is 23.4. The summed E-state index contributed by atoms with van der Waals surface area (Å²) in [7, 11) is 0. The molecule has 0 aliphatic carbocycles. The van der Waals surface area contributed by atoms with Gasteiger partial charge in [-0.05, 0) is 36.8 Å². The van der Waals surface area contributed by atoms with Crippen LogP contribution in [0, 0.1) is 22.9 Å². The van der Waals surface area contributed by atoms with E-state index in [1.165, 1.54) is 24.3 Å². The van der Waals surface area contributed by atoms with Crippen molar-refractivity contribution >= 4 is 29.0 Å². The van der Waals surface area contributed by atoms with E-state index in [9.17, 15) is 19.3 Å². The molecule has 0 aliphatic rings. The number of non-ortho nitro benzene ring substituents is 1. The summed E-state index contributed by atoms with van der Waals surface area (Å²) in [5.74, 6) is -0.164. The number of hydrogen-bond acceptors (Lipinski definition) is 6. The van der Waals surface area contributed by atoms with Crippen LogP contribution >= 0.6 is 11.8 Å². The van der Waals surface area contributed by atoms with Crippen LogP contribution in [-0.2, 0) is 4.79 Å². The van der Waals surface area contributed by atoms with Crippen LogP contribution in [0.2, 0.25) is 0 Å². The standard InChI is InChI=1S/C23H18FN5O3S/c1-15-7-10-19(29(31)32)13-20(15)25-21(30)14-33-23-27-26-22(16-5-3-2-4-6-16)28(23)18-11-8-17(24)9-12-18/h2-13H,14H2,1H3,(H,25,30). The first-order valence-corrected chi connectivity index (χ1v) is 10.9. The molecule has 33 heavy (non-hydrogen) atoms. The predicted molar refractivity (Wildman–Crippen MR) is 124 cm³/mol. The van der Waals surface area contributed by atoms with Crippen LogP contribution in [0.4, 0.5) is 15.8 Å². The lowest BCUT2D eigenvalue weighted by atomic mass is 10.2. The van der Waals surface area contributed by atoms with Gasteiger partial charge in [0, 0.05) is 23.4 Å². The average molecular weight is 463 g/mol. The molecule has 0 atom stereocenters. The second kappa shape index (κ2) is 9.61. The first-order valence-electron chi connectivity index (χ1n) is 9.87. The van der Waals surface area contributed by atoms with Crippen molar-refractivity contribution in [3.8, 4) is 17.1 Å². The topological polar surface area (TPSA) is 103 Å². The zero-order valence-corrected chi connectivity index (χ0v) is 18.3. The highest BCUT2D eigenvalue weighted by molar-refractivity contribution is 7.99. The number of carbonyl (C=O) groups excluding carboxylic acids is 1. The van der Waals surface area contributed by atoms with E-state index in [2.05, 4.69) is 15.5 Å². The average Bonchev–Trinajstić information content (AvgIpc) is 3.24. The number of benzene rings is 3. The highest BCUT2D eigenvalue weighted by Gasteiger charge is 2.18. The summed E-state index contributed by atoms with van der Waals surface area (Å²) in [5, 5.41) is 22.7. The number of amides is 1. The molecule has 0 spiro atoms. The van der Waals surface area contributed by atoms with Gasteiger partial charge in [-0.3, -0.25) is 19.5 Å². The van der Waals surface area contributed by atoms with Gasteiger partial charge in [0.1, 0.15) is 5.82 Å². The molecule has 4 rings (SSSR count). The third-order valence-corrected chi connectivity index (χ3v) is 5.72. The van der Waals surface area contributed by atoms with E-state index in [1.807, 2.05) is 30.3 Å². The molecule has 0 saturated heterocycles. The van der Waals surface area contributed by atoms with Crippen molar-refractivity contribution in [3.05, 3.63) is 94.3 Å². The summed E-state index contributed by atoms with van der Waals surface area (Å²) in [6.45, 7) is 1.75. The van der Waals surface area contributed by atoms with Gasteiger partial charge in [-0.25, -0.2) is 4.39 Å². The van der Waals surface area contributed by atoms with Crippen molar-refractivity contribution in [2.24, 2.45) is 0 Å². The predicted octanol–water partition coefficient (Wildman–Crippen LogP) is 5.02. The summed E-state index contributed by atoms with van der Waals surface area (Å²) < 4.78 is 15.2. The third-order valence-electron chi connectivity index (χ3n) is 4.79. The van der Waals surface area contributed by atoms with Gasteiger partial charge < -0.3 is 5.32 Å². The molecule has 0 bridgehead atoms. The third kappa shape index (κ3) is 5.07. The van der Waals surface area contributed by atoms with Crippen molar-refractivity contribution < 1.29 is 14.1 Å². The fourth-order valence-electron chi connectivity index (χ4n) is 3.14. The number of nitrogens with zero attached hydrogens (tertiary/aromatic N) is 4. The van der Waals surface area contributed by atoms with Crippen LogP contribution in [0.5, 0.6) is 0 Å². The number of nitro groups is 1. The summed E-state index contributed by atoms with van der Waals surface area (Å²) >= 11 is 1.15. The number of rotatable bonds is 7. The van der Waals surface area contributed by atoms with Gasteiger partial charge in [0.2, 0.25) is 5.91 Å². The Hall–Kier alpha value is -4.05. The maximum Gasteiger partial charge on any atom is 0.271 e. The van der Waals surface area contributed by atoms with E-state index in [4.69, 9.17) is 0 Å². The van der Waals surface area contributed by atoms with Crippen molar-refractivity contribution in [1.29, 1.82) is 0 Å². The van der Waals surface area contributed by atoms with Crippen molar-refractivity contribution in [1.82, 2.24) is 14.8 Å². The van der Waals surface area contributed by atoms with E-state index in [0.717, 1.165) is 17.3 Å². The Kier molecular flexibility index (Phi) is 6.45. The smallest absolute Gasteiger partial charge is 0.271 e. The number of hydrogen-bond donors (Lipinski definition) is 1. The SMILES string of the molecule is Cc1ccc([N+](=O)[O-])cc1NC(=O)CSc1nnc(-c2ccccc2)n1-c1ccc(F)cc1. The van der Waals surface area contributed by atoms with E-state index < -0.39 is 4.92 Å².